The number of nitrogens with zero attached hydrogens (tertiary/aromatic N) is 2. The molecule has 0 aromatic heterocycles. The number of Topliss-reactive ketones (excluding diaryl/α,β-unsaturated/α-hetero) is 1. The number of fused-ring (bicyclic) bond motifs is 1. The molecule has 2 aromatic rings. The predicted molar refractivity (Wildman–Crippen MR) is 119 cm³/mol. The number of carbonyl (C=O) groups is 2. The monoisotopic (exact) mass is 442 g/mol. The smallest absolute Gasteiger partial charge is 0.315 e. The van der Waals surface area contributed by atoms with Crippen molar-refractivity contribution >= 4 is 40.8 Å². The molecule has 2 aliphatic rings. The summed E-state index contributed by atoms with van der Waals surface area (Å²) in [6.45, 7) is 5.37. The van der Waals surface area contributed by atoms with Gasteiger partial charge in [-0.25, -0.2) is 4.79 Å². The van der Waals surface area contributed by atoms with Crippen LogP contribution in [0.1, 0.15) is 42.6 Å². The molecule has 0 N–H and O–H groups in total. The van der Waals surface area contributed by atoms with Gasteiger partial charge in [-0.1, -0.05) is 47.1 Å². The molecule has 2 aliphatic heterocycles. The van der Waals surface area contributed by atoms with Crippen LogP contribution < -0.4 is 0 Å². The molecule has 7 heteroatoms. The minimum atomic E-state index is -0.961. The van der Waals surface area contributed by atoms with Crippen LogP contribution in [0.15, 0.2) is 58.6 Å². The van der Waals surface area contributed by atoms with Crippen LogP contribution in [0.25, 0.3) is 0 Å². The molecule has 0 bridgehead atoms. The molecule has 5 nitrogen and oxygen atoms in total. The second-order valence-corrected chi connectivity index (χ2v) is 9.54. The zero-order valence-corrected chi connectivity index (χ0v) is 18.5. The van der Waals surface area contributed by atoms with Crippen molar-refractivity contribution in [3.8, 4) is 0 Å². The highest BCUT2D eigenvalue weighted by Gasteiger charge is 2.44. The maximum absolute atomic E-state index is 13.3. The molecule has 0 saturated carbocycles. The van der Waals surface area contributed by atoms with Gasteiger partial charge in [0.05, 0.1) is 5.25 Å². The molecule has 1 saturated heterocycles. The van der Waals surface area contributed by atoms with E-state index in [1.807, 2.05) is 50.2 Å². The minimum Gasteiger partial charge on any atom is -0.315 e. The van der Waals surface area contributed by atoms with Crippen LogP contribution >= 0.6 is 23.4 Å². The first-order valence-corrected chi connectivity index (χ1v) is 11.3. The SMILES string of the molecule is CC1Sc2ccc(Cl)cc2C(=O)/C1=N/OC(=O)C(C)(c1ccccc1)N1CCCC1. The summed E-state index contributed by atoms with van der Waals surface area (Å²) in [4.78, 5) is 34.7. The summed E-state index contributed by atoms with van der Waals surface area (Å²) in [7, 11) is 0. The van der Waals surface area contributed by atoms with Crippen molar-refractivity contribution in [1.29, 1.82) is 0 Å². The molecule has 4 rings (SSSR count). The fourth-order valence-corrected chi connectivity index (χ4v) is 5.24. The van der Waals surface area contributed by atoms with E-state index < -0.39 is 11.5 Å². The highest BCUT2D eigenvalue weighted by atomic mass is 35.5. The van der Waals surface area contributed by atoms with Gasteiger partial charge >= 0.3 is 5.97 Å². The zero-order chi connectivity index (χ0) is 21.3. The molecular formula is C23H23ClN2O3S. The maximum atomic E-state index is 13.3. The van der Waals surface area contributed by atoms with E-state index in [1.165, 1.54) is 11.8 Å². The number of halogens is 1. The average molecular weight is 443 g/mol. The highest BCUT2D eigenvalue weighted by Crippen LogP contribution is 2.36. The molecule has 2 heterocycles. The molecule has 1 fully saturated rings. The van der Waals surface area contributed by atoms with Gasteiger partial charge in [-0.2, -0.15) is 0 Å². The van der Waals surface area contributed by atoms with Crippen LogP contribution in [0.5, 0.6) is 0 Å². The van der Waals surface area contributed by atoms with Crippen molar-refractivity contribution in [1.82, 2.24) is 4.90 Å². The Morgan fingerprint density at radius 2 is 1.90 bits per heavy atom. The van der Waals surface area contributed by atoms with Crippen LogP contribution in [0.2, 0.25) is 5.02 Å². The number of rotatable bonds is 4. The number of ketones is 1. The third-order valence-corrected chi connectivity index (χ3v) is 7.23. The number of oxime groups is 1. The van der Waals surface area contributed by atoms with Crippen LogP contribution in [-0.2, 0) is 15.2 Å². The molecule has 2 unspecified atom stereocenters. The normalized spacial score (nSPS) is 22.6. The van der Waals surface area contributed by atoms with E-state index in [-0.39, 0.29) is 16.7 Å². The lowest BCUT2D eigenvalue weighted by atomic mass is 9.90. The Kier molecular flexibility index (Phi) is 6.00. The van der Waals surface area contributed by atoms with Crippen molar-refractivity contribution in [3.05, 3.63) is 64.7 Å². The molecule has 2 atom stereocenters. The highest BCUT2D eigenvalue weighted by molar-refractivity contribution is 8.01. The van der Waals surface area contributed by atoms with Crippen molar-refractivity contribution in [3.63, 3.8) is 0 Å². The maximum Gasteiger partial charge on any atom is 0.359 e. The third kappa shape index (κ3) is 3.80. The summed E-state index contributed by atoms with van der Waals surface area (Å²) in [6.07, 6.45) is 2.07. The molecular weight excluding hydrogens is 420 g/mol. The van der Waals surface area contributed by atoms with Gasteiger partial charge in [-0.15, -0.1) is 11.8 Å². The van der Waals surface area contributed by atoms with Crippen LogP contribution in [0, 0.1) is 0 Å². The second-order valence-electron chi connectivity index (χ2n) is 7.72. The quantitative estimate of drug-likeness (QED) is 0.496. The average Bonchev–Trinajstić information content (AvgIpc) is 3.29. The van der Waals surface area contributed by atoms with Crippen LogP contribution in [-0.4, -0.2) is 40.7 Å². The van der Waals surface area contributed by atoms with E-state index in [4.69, 9.17) is 16.4 Å². The molecule has 0 radical (unpaired) electrons. The Labute approximate surface area is 185 Å². The lowest BCUT2D eigenvalue weighted by Gasteiger charge is -2.36. The van der Waals surface area contributed by atoms with Crippen molar-refractivity contribution in [2.45, 2.75) is 42.4 Å². The molecule has 0 aliphatic carbocycles. The van der Waals surface area contributed by atoms with Gasteiger partial charge < -0.3 is 4.84 Å². The van der Waals surface area contributed by atoms with E-state index in [0.29, 0.717) is 10.6 Å². The molecule has 30 heavy (non-hydrogen) atoms. The molecule has 0 spiro atoms. The Balaban J connectivity index is 1.63. The van der Waals surface area contributed by atoms with Crippen molar-refractivity contribution < 1.29 is 14.4 Å². The van der Waals surface area contributed by atoms with Crippen molar-refractivity contribution in [2.75, 3.05) is 13.1 Å². The van der Waals surface area contributed by atoms with E-state index in [1.54, 1.807) is 12.1 Å². The first-order valence-electron chi connectivity index (χ1n) is 10.0. The number of carbonyl (C=O) groups excluding carboxylic acids is 2. The number of likely N-dealkylation sites (tertiary alicyclic amines) is 1. The molecule has 156 valence electrons. The first-order chi connectivity index (χ1) is 14.4. The Morgan fingerprint density at radius 1 is 1.20 bits per heavy atom. The molecule has 2 aromatic carbocycles. The third-order valence-electron chi connectivity index (χ3n) is 5.81. The summed E-state index contributed by atoms with van der Waals surface area (Å²) in [6, 6.07) is 14.8. The van der Waals surface area contributed by atoms with E-state index in [2.05, 4.69) is 10.1 Å². The van der Waals surface area contributed by atoms with Gasteiger partial charge in [0.25, 0.3) is 0 Å². The number of benzene rings is 2. The summed E-state index contributed by atoms with van der Waals surface area (Å²) in [5.74, 6) is -0.737. The summed E-state index contributed by atoms with van der Waals surface area (Å²) < 4.78 is 0. The summed E-state index contributed by atoms with van der Waals surface area (Å²) in [5, 5.41) is 4.32. The zero-order valence-electron chi connectivity index (χ0n) is 16.9. The summed E-state index contributed by atoms with van der Waals surface area (Å²) in [5.41, 5.74) is 0.606. The lowest BCUT2D eigenvalue weighted by molar-refractivity contribution is -0.157. The van der Waals surface area contributed by atoms with Gasteiger partial charge in [0, 0.05) is 15.5 Å². The van der Waals surface area contributed by atoms with Crippen molar-refractivity contribution in [2.24, 2.45) is 5.16 Å². The van der Waals surface area contributed by atoms with Gasteiger partial charge in [-0.05, 0) is 63.5 Å². The van der Waals surface area contributed by atoms with E-state index in [9.17, 15) is 9.59 Å². The Bertz CT molecular complexity index is 1000. The summed E-state index contributed by atoms with van der Waals surface area (Å²) >= 11 is 7.56. The predicted octanol–water partition coefficient (Wildman–Crippen LogP) is 4.93. The largest absolute Gasteiger partial charge is 0.359 e. The number of thioether (sulfide) groups is 1. The van der Waals surface area contributed by atoms with E-state index in [0.717, 1.165) is 36.4 Å². The Hall–Kier alpha value is -2.15. The van der Waals surface area contributed by atoms with Gasteiger partial charge in [0.2, 0.25) is 5.78 Å². The lowest BCUT2D eigenvalue weighted by Crippen LogP contribution is -2.49. The minimum absolute atomic E-state index is 0.222. The second kappa shape index (κ2) is 8.53. The van der Waals surface area contributed by atoms with Gasteiger partial charge in [0.1, 0.15) is 11.3 Å². The van der Waals surface area contributed by atoms with Gasteiger partial charge in [0.15, 0.2) is 0 Å². The standard InChI is InChI=1S/C23H23ClN2O3S/c1-15-20(21(27)18-14-17(24)10-11-19(18)30-15)25-29-22(28)23(2,26-12-6-7-13-26)16-8-4-3-5-9-16/h3-5,8-11,14-15H,6-7,12-13H2,1-2H3/b25-20+. The Morgan fingerprint density at radius 3 is 2.60 bits per heavy atom. The topological polar surface area (TPSA) is 59.0 Å². The number of hydrogen-bond acceptors (Lipinski definition) is 6. The van der Waals surface area contributed by atoms with E-state index >= 15 is 0 Å². The first kappa shape index (κ1) is 21.1. The fourth-order valence-electron chi connectivity index (χ4n) is 4.00. The van der Waals surface area contributed by atoms with Crippen LogP contribution in [0.4, 0.5) is 0 Å². The van der Waals surface area contributed by atoms with Gasteiger partial charge in [-0.3, -0.25) is 9.69 Å². The molecule has 0 amide bonds. The fraction of sp³-hybridized carbons (Fsp3) is 0.348. The number of hydrogen-bond donors (Lipinski definition) is 0. The van der Waals surface area contributed by atoms with Crippen LogP contribution in [0.3, 0.4) is 0 Å².